The Morgan fingerprint density at radius 1 is 1.10 bits per heavy atom. The number of benzene rings is 2. The number of nitrogens with zero attached hydrogens (tertiary/aromatic N) is 1. The zero-order valence-corrected chi connectivity index (χ0v) is 20.1. The molecule has 0 fully saturated rings. The van der Waals surface area contributed by atoms with E-state index in [4.69, 9.17) is 4.74 Å². The Kier molecular flexibility index (Phi) is 6.11. The van der Waals surface area contributed by atoms with Gasteiger partial charge in [0.05, 0.1) is 18.0 Å². The Bertz CT molecular complexity index is 1090. The van der Waals surface area contributed by atoms with E-state index in [1.165, 1.54) is 4.31 Å². The van der Waals surface area contributed by atoms with Crippen molar-refractivity contribution in [3.05, 3.63) is 58.7 Å². The fourth-order valence-corrected chi connectivity index (χ4v) is 5.44. The Labute approximate surface area is 185 Å². The van der Waals surface area contributed by atoms with E-state index in [1.807, 2.05) is 58.9 Å². The van der Waals surface area contributed by atoms with Crippen LogP contribution in [0.1, 0.15) is 55.5 Å². The van der Waals surface area contributed by atoms with Gasteiger partial charge in [0.1, 0.15) is 17.4 Å². The zero-order valence-electron chi connectivity index (χ0n) is 19.3. The molecule has 2 aromatic rings. The maximum Gasteiger partial charge on any atom is 0.244 e. The van der Waals surface area contributed by atoms with Crippen molar-refractivity contribution in [1.82, 2.24) is 5.32 Å². The van der Waals surface area contributed by atoms with Crippen molar-refractivity contribution < 1.29 is 17.9 Å². The van der Waals surface area contributed by atoms with Gasteiger partial charge in [-0.2, -0.15) is 0 Å². The van der Waals surface area contributed by atoms with Gasteiger partial charge in [0.25, 0.3) is 0 Å². The molecule has 0 spiro atoms. The normalized spacial score (nSPS) is 18.5. The molecule has 7 heteroatoms. The third-order valence-corrected chi connectivity index (χ3v) is 6.73. The number of aryl methyl sites for hydroxylation is 3. The van der Waals surface area contributed by atoms with Crippen molar-refractivity contribution in [1.29, 1.82) is 0 Å². The highest BCUT2D eigenvalue weighted by Gasteiger charge is 2.37. The van der Waals surface area contributed by atoms with Crippen molar-refractivity contribution in [2.75, 3.05) is 10.6 Å². The summed E-state index contributed by atoms with van der Waals surface area (Å²) in [6.07, 6.45) is 1.72. The first kappa shape index (κ1) is 23.1. The summed E-state index contributed by atoms with van der Waals surface area (Å²) in [5.74, 6) is 0.397. The van der Waals surface area contributed by atoms with Crippen LogP contribution in [0.15, 0.2) is 36.4 Å². The van der Waals surface area contributed by atoms with Crippen LogP contribution in [0.25, 0.3) is 0 Å². The summed E-state index contributed by atoms with van der Waals surface area (Å²) < 4.78 is 32.6. The predicted octanol–water partition coefficient (Wildman–Crippen LogP) is 4.18. The maximum absolute atomic E-state index is 13.3. The first-order valence-corrected chi connectivity index (χ1v) is 12.3. The fourth-order valence-electron chi connectivity index (χ4n) is 4.28. The van der Waals surface area contributed by atoms with Crippen molar-refractivity contribution in [3.63, 3.8) is 0 Å². The van der Waals surface area contributed by atoms with Crippen molar-refractivity contribution in [2.24, 2.45) is 0 Å². The molecule has 31 heavy (non-hydrogen) atoms. The van der Waals surface area contributed by atoms with E-state index >= 15 is 0 Å². The summed E-state index contributed by atoms with van der Waals surface area (Å²) in [4.78, 5) is 13.3. The van der Waals surface area contributed by atoms with Crippen LogP contribution in [0.5, 0.6) is 5.75 Å². The molecule has 0 radical (unpaired) electrons. The lowest BCUT2D eigenvalue weighted by Crippen LogP contribution is -2.50. The summed E-state index contributed by atoms with van der Waals surface area (Å²) in [6, 6.07) is 10.3. The van der Waals surface area contributed by atoms with Crippen LogP contribution in [0.3, 0.4) is 0 Å². The van der Waals surface area contributed by atoms with Gasteiger partial charge in [0.2, 0.25) is 15.9 Å². The zero-order chi connectivity index (χ0) is 23.1. The molecule has 2 atom stereocenters. The van der Waals surface area contributed by atoms with Gasteiger partial charge in [0.15, 0.2) is 0 Å². The number of hydrogen-bond acceptors (Lipinski definition) is 4. The molecule has 6 nitrogen and oxygen atoms in total. The Morgan fingerprint density at radius 2 is 1.71 bits per heavy atom. The Morgan fingerprint density at radius 3 is 2.29 bits per heavy atom. The quantitative estimate of drug-likeness (QED) is 0.750. The topological polar surface area (TPSA) is 75.7 Å². The van der Waals surface area contributed by atoms with Crippen LogP contribution in [-0.2, 0) is 14.8 Å². The average molecular weight is 445 g/mol. The van der Waals surface area contributed by atoms with Gasteiger partial charge in [0, 0.05) is 12.0 Å². The van der Waals surface area contributed by atoms with Crippen LogP contribution in [0.2, 0.25) is 0 Å². The van der Waals surface area contributed by atoms with Crippen molar-refractivity contribution in [2.45, 2.75) is 65.6 Å². The van der Waals surface area contributed by atoms with Gasteiger partial charge in [-0.1, -0.05) is 23.8 Å². The number of sulfonamides is 1. The first-order valence-electron chi connectivity index (χ1n) is 10.4. The van der Waals surface area contributed by atoms with Crippen LogP contribution in [-0.4, -0.2) is 32.2 Å². The van der Waals surface area contributed by atoms with Gasteiger partial charge in [-0.05, 0) is 70.9 Å². The second kappa shape index (κ2) is 8.19. The van der Waals surface area contributed by atoms with Crippen molar-refractivity contribution in [3.8, 4) is 5.75 Å². The van der Waals surface area contributed by atoms with Gasteiger partial charge in [-0.25, -0.2) is 8.42 Å². The van der Waals surface area contributed by atoms with E-state index in [1.54, 1.807) is 19.1 Å². The fraction of sp³-hybridized carbons (Fsp3) is 0.458. The number of rotatable bonds is 5. The number of ether oxygens (including phenoxy) is 1. The molecule has 1 aliphatic heterocycles. The molecule has 3 rings (SSSR count). The Hall–Kier alpha value is -2.54. The predicted molar refractivity (Wildman–Crippen MR) is 124 cm³/mol. The highest BCUT2D eigenvalue weighted by Crippen LogP contribution is 2.40. The summed E-state index contributed by atoms with van der Waals surface area (Å²) in [6.45, 7) is 11.4. The molecule has 0 unspecified atom stereocenters. The van der Waals surface area contributed by atoms with E-state index in [9.17, 15) is 13.2 Å². The van der Waals surface area contributed by atoms with E-state index in [-0.39, 0.29) is 11.9 Å². The maximum atomic E-state index is 13.3. The summed E-state index contributed by atoms with van der Waals surface area (Å²) in [5.41, 5.74) is 3.90. The van der Waals surface area contributed by atoms with E-state index in [2.05, 4.69) is 5.32 Å². The lowest BCUT2D eigenvalue weighted by atomic mass is 9.89. The minimum Gasteiger partial charge on any atom is -0.487 e. The van der Waals surface area contributed by atoms with Gasteiger partial charge in [-0.15, -0.1) is 0 Å². The molecule has 2 aromatic carbocycles. The van der Waals surface area contributed by atoms with Crippen LogP contribution < -0.4 is 14.4 Å². The molecule has 0 saturated heterocycles. The lowest BCUT2D eigenvalue weighted by molar-refractivity contribution is -0.123. The number of anilines is 1. The molecule has 0 aromatic heterocycles. The summed E-state index contributed by atoms with van der Waals surface area (Å²) in [7, 11) is -3.68. The van der Waals surface area contributed by atoms with Gasteiger partial charge >= 0.3 is 0 Å². The van der Waals surface area contributed by atoms with E-state index < -0.39 is 21.7 Å². The molecule has 1 heterocycles. The number of carbonyl (C=O) groups excluding carboxylic acids is 1. The number of amides is 1. The highest BCUT2D eigenvalue weighted by molar-refractivity contribution is 7.92. The monoisotopic (exact) mass is 444 g/mol. The van der Waals surface area contributed by atoms with Crippen LogP contribution in [0, 0.1) is 20.8 Å². The lowest BCUT2D eigenvalue weighted by Gasteiger charge is -2.39. The molecule has 1 N–H and O–H groups in total. The van der Waals surface area contributed by atoms with E-state index in [0.29, 0.717) is 12.1 Å². The largest absolute Gasteiger partial charge is 0.487 e. The molecule has 0 bridgehead atoms. The average Bonchev–Trinajstić information content (AvgIpc) is 2.59. The van der Waals surface area contributed by atoms with Crippen LogP contribution >= 0.6 is 0 Å². The molecule has 168 valence electrons. The standard InChI is InChI=1S/C24H32N2O4S/c1-15-8-9-22-20(13-15)21(14-24(5,6)30-22)25-23(27)18(4)26(31(7,28)29)19-11-16(2)10-17(3)12-19/h8-13,18,21H,14H2,1-7H3,(H,25,27)/t18-,21+/m0/s1. The van der Waals surface area contributed by atoms with Crippen molar-refractivity contribution >= 4 is 21.6 Å². The number of carbonyl (C=O) groups is 1. The second-order valence-corrected chi connectivity index (χ2v) is 11.1. The molecule has 0 saturated carbocycles. The molecular formula is C24H32N2O4S. The first-order chi connectivity index (χ1) is 14.3. The molecule has 1 aliphatic rings. The third-order valence-electron chi connectivity index (χ3n) is 5.49. The smallest absolute Gasteiger partial charge is 0.244 e. The van der Waals surface area contributed by atoms with Crippen LogP contribution in [0.4, 0.5) is 5.69 Å². The second-order valence-electron chi connectivity index (χ2n) is 9.25. The minimum atomic E-state index is -3.68. The SMILES string of the molecule is Cc1cc(C)cc(N([C@@H](C)C(=O)N[C@@H]2CC(C)(C)Oc3ccc(C)cc32)S(C)(=O)=O)c1. The highest BCUT2D eigenvalue weighted by atomic mass is 32.2. The van der Waals surface area contributed by atoms with E-state index in [0.717, 1.165) is 34.3 Å². The van der Waals surface area contributed by atoms with Gasteiger partial charge in [-0.3, -0.25) is 9.10 Å². The number of hydrogen-bond donors (Lipinski definition) is 1. The minimum absolute atomic E-state index is 0.269. The molecule has 1 amide bonds. The number of fused-ring (bicyclic) bond motifs is 1. The van der Waals surface area contributed by atoms with Gasteiger partial charge < -0.3 is 10.1 Å². The summed E-state index contributed by atoms with van der Waals surface area (Å²) in [5, 5.41) is 3.08. The summed E-state index contributed by atoms with van der Waals surface area (Å²) >= 11 is 0. The molecule has 0 aliphatic carbocycles. The third kappa shape index (κ3) is 5.21. The number of nitrogens with one attached hydrogen (secondary N) is 1. The molecular weight excluding hydrogens is 412 g/mol. The Balaban J connectivity index is 1.93.